The van der Waals surface area contributed by atoms with Crippen LogP contribution >= 0.6 is 0 Å². The minimum atomic E-state index is -0.145. The number of fused-ring (bicyclic) bond motifs is 1. The van der Waals surface area contributed by atoms with Gasteiger partial charge in [0.05, 0.1) is 13.2 Å². The van der Waals surface area contributed by atoms with Crippen molar-refractivity contribution >= 4 is 10.9 Å². The molecule has 4 heteroatoms. The van der Waals surface area contributed by atoms with E-state index in [1.165, 1.54) is 49.6 Å². The molecule has 1 aliphatic rings. The zero-order valence-electron chi connectivity index (χ0n) is 15.5. The van der Waals surface area contributed by atoms with Crippen LogP contribution in [0.15, 0.2) is 24.4 Å². The van der Waals surface area contributed by atoms with Crippen molar-refractivity contribution in [2.24, 2.45) is 0 Å². The molecule has 0 unspecified atom stereocenters. The second-order valence-corrected chi connectivity index (χ2v) is 7.17. The van der Waals surface area contributed by atoms with Crippen molar-refractivity contribution in [3.63, 3.8) is 0 Å². The Labute approximate surface area is 150 Å². The van der Waals surface area contributed by atoms with E-state index >= 15 is 0 Å². The van der Waals surface area contributed by atoms with E-state index in [-0.39, 0.29) is 5.82 Å². The number of ether oxygens (including phenoxy) is 1. The summed E-state index contributed by atoms with van der Waals surface area (Å²) in [5.41, 5.74) is 2.40. The highest BCUT2D eigenvalue weighted by molar-refractivity contribution is 5.84. The van der Waals surface area contributed by atoms with Gasteiger partial charge in [0.2, 0.25) is 0 Å². The van der Waals surface area contributed by atoms with E-state index < -0.39 is 0 Å². The van der Waals surface area contributed by atoms with Crippen molar-refractivity contribution in [1.82, 2.24) is 9.47 Å². The molecule has 1 aromatic carbocycles. The third-order valence-electron chi connectivity index (χ3n) is 5.18. The van der Waals surface area contributed by atoms with Gasteiger partial charge in [0, 0.05) is 43.3 Å². The van der Waals surface area contributed by atoms with Gasteiger partial charge in [-0.25, -0.2) is 4.39 Å². The zero-order valence-corrected chi connectivity index (χ0v) is 15.5. The number of morpholine rings is 1. The Kier molecular flexibility index (Phi) is 6.88. The summed E-state index contributed by atoms with van der Waals surface area (Å²) in [5, 5.41) is 1.07. The molecule has 0 atom stereocenters. The molecular formula is C21H31FN2O. The molecule has 0 N–H and O–H groups in total. The molecule has 0 saturated carbocycles. The molecule has 3 nitrogen and oxygen atoms in total. The fourth-order valence-corrected chi connectivity index (χ4v) is 3.72. The van der Waals surface area contributed by atoms with Gasteiger partial charge in [-0.05, 0) is 30.2 Å². The first-order chi connectivity index (χ1) is 12.3. The quantitative estimate of drug-likeness (QED) is 0.596. The summed E-state index contributed by atoms with van der Waals surface area (Å²) in [5.74, 6) is -0.145. The monoisotopic (exact) mass is 346 g/mol. The summed E-state index contributed by atoms with van der Waals surface area (Å²) in [7, 11) is 0. The molecular weight excluding hydrogens is 315 g/mol. The number of halogens is 1. The lowest BCUT2D eigenvalue weighted by Gasteiger charge is -2.26. The number of unbranched alkanes of at least 4 members (excludes halogenated alkanes) is 5. The summed E-state index contributed by atoms with van der Waals surface area (Å²) in [6.45, 7) is 7.67. The summed E-state index contributed by atoms with van der Waals surface area (Å²) in [4.78, 5) is 2.40. The molecule has 138 valence electrons. The standard InChI is InChI=1S/C21H31FN2O/c1-2-3-4-5-6-7-10-24-17-18(16-23-11-13-25-14-12-23)20-15-19(22)8-9-21(20)24/h8-9,15,17H,2-7,10-14,16H2,1H3. The van der Waals surface area contributed by atoms with Gasteiger partial charge in [-0.3, -0.25) is 4.90 Å². The summed E-state index contributed by atoms with van der Waals surface area (Å²) < 4.78 is 21.5. The van der Waals surface area contributed by atoms with Gasteiger partial charge in [-0.15, -0.1) is 0 Å². The van der Waals surface area contributed by atoms with Crippen LogP contribution in [-0.4, -0.2) is 35.8 Å². The Balaban J connectivity index is 1.67. The summed E-state index contributed by atoms with van der Waals surface area (Å²) in [6.07, 6.45) is 10.0. The maximum atomic E-state index is 13.8. The molecule has 0 spiro atoms. The second-order valence-electron chi connectivity index (χ2n) is 7.17. The molecule has 2 aromatic rings. The van der Waals surface area contributed by atoms with Crippen LogP contribution in [-0.2, 0) is 17.8 Å². The lowest BCUT2D eigenvalue weighted by Crippen LogP contribution is -2.35. The van der Waals surface area contributed by atoms with Gasteiger partial charge in [-0.1, -0.05) is 39.0 Å². The normalized spacial score (nSPS) is 15.9. The predicted octanol–water partition coefficient (Wildman–Crippen LogP) is 4.97. The predicted molar refractivity (Wildman–Crippen MR) is 101 cm³/mol. The van der Waals surface area contributed by atoms with E-state index in [0.29, 0.717) is 0 Å². The number of hydrogen-bond acceptors (Lipinski definition) is 2. The van der Waals surface area contributed by atoms with E-state index in [2.05, 4.69) is 22.6 Å². The Morgan fingerprint density at radius 3 is 2.60 bits per heavy atom. The van der Waals surface area contributed by atoms with Gasteiger partial charge < -0.3 is 9.30 Å². The molecule has 25 heavy (non-hydrogen) atoms. The SMILES string of the molecule is CCCCCCCCn1cc(CN2CCOCC2)c2cc(F)ccc21. The van der Waals surface area contributed by atoms with E-state index in [0.717, 1.165) is 44.8 Å². The van der Waals surface area contributed by atoms with Crippen molar-refractivity contribution < 1.29 is 9.13 Å². The Morgan fingerprint density at radius 2 is 1.80 bits per heavy atom. The fraction of sp³-hybridized carbons (Fsp3) is 0.619. The minimum absolute atomic E-state index is 0.145. The summed E-state index contributed by atoms with van der Waals surface area (Å²) >= 11 is 0. The molecule has 0 radical (unpaired) electrons. The number of rotatable bonds is 9. The number of benzene rings is 1. The fourth-order valence-electron chi connectivity index (χ4n) is 3.72. The van der Waals surface area contributed by atoms with Crippen LogP contribution in [0.1, 0.15) is 51.0 Å². The summed E-state index contributed by atoms with van der Waals surface area (Å²) in [6, 6.07) is 5.21. The first-order valence-corrected chi connectivity index (χ1v) is 9.85. The minimum Gasteiger partial charge on any atom is -0.379 e. The van der Waals surface area contributed by atoms with E-state index in [4.69, 9.17) is 4.74 Å². The zero-order chi connectivity index (χ0) is 17.5. The van der Waals surface area contributed by atoms with Crippen LogP contribution in [0, 0.1) is 5.82 Å². The highest BCUT2D eigenvalue weighted by Gasteiger charge is 2.15. The van der Waals surface area contributed by atoms with Gasteiger partial charge in [0.25, 0.3) is 0 Å². The molecule has 1 aliphatic heterocycles. The number of aryl methyl sites for hydroxylation is 1. The van der Waals surface area contributed by atoms with Crippen molar-refractivity contribution in [3.8, 4) is 0 Å². The third kappa shape index (κ3) is 5.05. The Morgan fingerprint density at radius 1 is 1.04 bits per heavy atom. The van der Waals surface area contributed by atoms with Crippen molar-refractivity contribution in [1.29, 1.82) is 0 Å². The molecule has 0 amide bonds. The molecule has 2 heterocycles. The largest absolute Gasteiger partial charge is 0.379 e. The van der Waals surface area contributed by atoms with Crippen LogP contribution in [0.4, 0.5) is 4.39 Å². The third-order valence-corrected chi connectivity index (χ3v) is 5.18. The topological polar surface area (TPSA) is 17.4 Å². The van der Waals surface area contributed by atoms with Gasteiger partial charge in [-0.2, -0.15) is 0 Å². The average Bonchev–Trinajstić information content (AvgIpc) is 2.96. The van der Waals surface area contributed by atoms with Crippen LogP contribution in [0.2, 0.25) is 0 Å². The Bertz CT molecular complexity index is 661. The molecule has 1 aromatic heterocycles. The Hall–Kier alpha value is -1.39. The van der Waals surface area contributed by atoms with E-state index in [9.17, 15) is 4.39 Å². The maximum Gasteiger partial charge on any atom is 0.123 e. The van der Waals surface area contributed by atoms with Crippen molar-refractivity contribution in [3.05, 3.63) is 35.8 Å². The van der Waals surface area contributed by atoms with Gasteiger partial charge in [0.1, 0.15) is 5.82 Å². The highest BCUT2D eigenvalue weighted by Crippen LogP contribution is 2.25. The van der Waals surface area contributed by atoms with Crippen LogP contribution in [0.25, 0.3) is 10.9 Å². The molecule has 0 bridgehead atoms. The molecule has 3 rings (SSSR count). The van der Waals surface area contributed by atoms with Gasteiger partial charge in [0.15, 0.2) is 0 Å². The highest BCUT2D eigenvalue weighted by atomic mass is 19.1. The number of hydrogen-bond donors (Lipinski definition) is 0. The van der Waals surface area contributed by atoms with Crippen LogP contribution in [0.3, 0.4) is 0 Å². The van der Waals surface area contributed by atoms with Crippen LogP contribution in [0.5, 0.6) is 0 Å². The number of nitrogens with zero attached hydrogens (tertiary/aromatic N) is 2. The van der Waals surface area contributed by atoms with Crippen LogP contribution < -0.4 is 0 Å². The average molecular weight is 346 g/mol. The smallest absolute Gasteiger partial charge is 0.123 e. The molecule has 0 aliphatic carbocycles. The molecule has 1 saturated heterocycles. The lowest BCUT2D eigenvalue weighted by atomic mass is 10.1. The number of aromatic nitrogens is 1. The first kappa shape index (κ1) is 18.4. The first-order valence-electron chi connectivity index (χ1n) is 9.85. The maximum absolute atomic E-state index is 13.8. The molecule has 1 fully saturated rings. The lowest BCUT2D eigenvalue weighted by molar-refractivity contribution is 0.0343. The van der Waals surface area contributed by atoms with Crippen molar-refractivity contribution in [2.45, 2.75) is 58.5 Å². The van der Waals surface area contributed by atoms with Gasteiger partial charge >= 0.3 is 0 Å². The van der Waals surface area contributed by atoms with Crippen molar-refractivity contribution in [2.75, 3.05) is 26.3 Å². The van der Waals surface area contributed by atoms with E-state index in [1.807, 2.05) is 6.07 Å². The van der Waals surface area contributed by atoms with E-state index in [1.54, 1.807) is 12.1 Å². The second kappa shape index (κ2) is 9.35.